The van der Waals surface area contributed by atoms with Crippen molar-refractivity contribution in [2.45, 2.75) is 6.42 Å². The van der Waals surface area contributed by atoms with Gasteiger partial charge in [0.15, 0.2) is 11.5 Å². The van der Waals surface area contributed by atoms with Crippen molar-refractivity contribution < 1.29 is 0 Å². The number of H-pyrrole nitrogens is 1. The largest absolute Gasteiger partial charge is 0.340 e. The summed E-state index contributed by atoms with van der Waals surface area (Å²) < 4.78 is 0. The molecule has 0 radical (unpaired) electrons. The minimum atomic E-state index is 0.622. The van der Waals surface area contributed by atoms with Gasteiger partial charge in [0.2, 0.25) is 0 Å². The molecule has 124 valence electrons. The average Bonchev–Trinajstić information content (AvgIpc) is 3.09. The van der Waals surface area contributed by atoms with Gasteiger partial charge in [0.25, 0.3) is 0 Å². The maximum absolute atomic E-state index is 6.27. The Bertz CT molecular complexity index is 1020. The number of anilines is 2. The molecule has 0 aliphatic carbocycles. The third kappa shape index (κ3) is 3.29. The highest BCUT2D eigenvalue weighted by Crippen LogP contribution is 2.28. The van der Waals surface area contributed by atoms with Gasteiger partial charge >= 0.3 is 0 Å². The maximum Gasteiger partial charge on any atom is 0.182 e. The number of nitrogens with one attached hydrogen (secondary N) is 2. The molecule has 0 saturated carbocycles. The Morgan fingerprint density at radius 2 is 1.76 bits per heavy atom. The van der Waals surface area contributed by atoms with Gasteiger partial charge in [0.05, 0.1) is 6.33 Å². The van der Waals surface area contributed by atoms with Crippen molar-refractivity contribution in [3.63, 3.8) is 0 Å². The minimum Gasteiger partial charge on any atom is -0.340 e. The van der Waals surface area contributed by atoms with Crippen molar-refractivity contribution in [3.05, 3.63) is 76.3 Å². The molecule has 7 heteroatoms. The van der Waals surface area contributed by atoms with Crippen LogP contribution in [0.5, 0.6) is 0 Å². The first-order chi connectivity index (χ1) is 12.2. The number of rotatable bonds is 4. The quantitative estimate of drug-likeness (QED) is 0.531. The van der Waals surface area contributed by atoms with E-state index in [1.54, 1.807) is 6.33 Å². The van der Waals surface area contributed by atoms with E-state index in [4.69, 9.17) is 23.2 Å². The average molecular weight is 370 g/mol. The molecule has 0 atom stereocenters. The normalized spacial score (nSPS) is 11.0. The molecule has 25 heavy (non-hydrogen) atoms. The van der Waals surface area contributed by atoms with Crippen LogP contribution in [0.25, 0.3) is 11.2 Å². The molecule has 0 aliphatic rings. The van der Waals surface area contributed by atoms with E-state index < -0.39 is 0 Å². The summed E-state index contributed by atoms with van der Waals surface area (Å²) in [7, 11) is 0. The Hall–Kier alpha value is -2.63. The van der Waals surface area contributed by atoms with E-state index in [0.29, 0.717) is 27.9 Å². The van der Waals surface area contributed by atoms with Crippen molar-refractivity contribution in [1.82, 2.24) is 19.9 Å². The van der Waals surface area contributed by atoms with Crippen LogP contribution in [0, 0.1) is 0 Å². The molecule has 2 aromatic carbocycles. The fraction of sp³-hybridized carbons (Fsp3) is 0.0556. The highest BCUT2D eigenvalue weighted by atomic mass is 35.5. The van der Waals surface area contributed by atoms with Gasteiger partial charge in [-0.05, 0) is 35.4 Å². The smallest absolute Gasteiger partial charge is 0.182 e. The molecule has 0 bridgehead atoms. The summed E-state index contributed by atoms with van der Waals surface area (Å²) in [5.74, 6) is 0.676. The molecule has 5 nitrogen and oxygen atoms in total. The Balaban J connectivity index is 1.63. The van der Waals surface area contributed by atoms with Gasteiger partial charge in [-0.2, -0.15) is 0 Å². The molecule has 2 N–H and O–H groups in total. The lowest BCUT2D eigenvalue weighted by Crippen LogP contribution is -1.97. The third-order valence-electron chi connectivity index (χ3n) is 3.86. The summed E-state index contributed by atoms with van der Waals surface area (Å²) in [5.41, 5.74) is 4.31. The van der Waals surface area contributed by atoms with Crippen LogP contribution < -0.4 is 5.32 Å². The first-order valence-corrected chi connectivity index (χ1v) is 8.39. The van der Waals surface area contributed by atoms with Crippen LogP contribution in [-0.4, -0.2) is 19.9 Å². The first kappa shape index (κ1) is 15.9. The molecule has 4 rings (SSSR count). The first-order valence-electron chi connectivity index (χ1n) is 7.63. The summed E-state index contributed by atoms with van der Waals surface area (Å²) in [4.78, 5) is 15.6. The number of hydrogen-bond donors (Lipinski definition) is 2. The van der Waals surface area contributed by atoms with E-state index in [0.717, 1.165) is 22.3 Å². The number of fused-ring (bicyclic) bond motifs is 1. The van der Waals surface area contributed by atoms with E-state index in [1.165, 1.54) is 6.33 Å². The highest BCUT2D eigenvalue weighted by Gasteiger charge is 2.09. The lowest BCUT2D eigenvalue weighted by molar-refractivity contribution is 1.18. The topological polar surface area (TPSA) is 66.5 Å². The van der Waals surface area contributed by atoms with Crippen molar-refractivity contribution in [1.29, 1.82) is 0 Å². The van der Waals surface area contributed by atoms with Gasteiger partial charge in [0.1, 0.15) is 11.8 Å². The standard InChI is InChI=1S/C18H13Cl2N5/c19-14-5-2-6-15(20)13(14)8-11-3-1-4-12(7-11)25-18-16-17(22-9-21-16)23-10-24-18/h1-7,9-10H,8H2,(H2,21,22,23,24,25). The molecule has 0 spiro atoms. The number of hydrogen-bond acceptors (Lipinski definition) is 4. The van der Waals surface area contributed by atoms with Crippen LogP contribution >= 0.6 is 23.2 Å². The molecule has 0 saturated heterocycles. The van der Waals surface area contributed by atoms with E-state index in [2.05, 4.69) is 25.3 Å². The van der Waals surface area contributed by atoms with Gasteiger partial charge in [-0.25, -0.2) is 15.0 Å². The zero-order valence-corrected chi connectivity index (χ0v) is 14.5. The van der Waals surface area contributed by atoms with E-state index >= 15 is 0 Å². The van der Waals surface area contributed by atoms with Crippen LogP contribution in [0.1, 0.15) is 11.1 Å². The summed E-state index contributed by atoms with van der Waals surface area (Å²) in [5, 5.41) is 4.63. The molecular formula is C18H13Cl2N5. The lowest BCUT2D eigenvalue weighted by Gasteiger charge is -2.10. The molecule has 0 aliphatic heterocycles. The molecule has 0 unspecified atom stereocenters. The molecule has 0 amide bonds. The fourth-order valence-corrected chi connectivity index (χ4v) is 3.19. The summed E-state index contributed by atoms with van der Waals surface area (Å²) in [6.07, 6.45) is 3.73. The van der Waals surface area contributed by atoms with Crippen molar-refractivity contribution in [2.24, 2.45) is 0 Å². The Labute approximate surface area is 154 Å². The van der Waals surface area contributed by atoms with Crippen molar-refractivity contribution in [3.8, 4) is 0 Å². The van der Waals surface area contributed by atoms with Crippen LogP contribution in [0.2, 0.25) is 10.0 Å². The number of halogens is 2. The van der Waals surface area contributed by atoms with Gasteiger partial charge in [-0.3, -0.25) is 0 Å². The second kappa shape index (κ2) is 6.70. The predicted molar refractivity (Wildman–Crippen MR) is 101 cm³/mol. The summed E-state index contributed by atoms with van der Waals surface area (Å²) in [6.45, 7) is 0. The SMILES string of the molecule is Clc1cccc(Cl)c1Cc1cccc(Nc2ncnc3nc[nH]c23)c1. The van der Waals surface area contributed by atoms with Gasteiger partial charge in [-0.1, -0.05) is 41.4 Å². The van der Waals surface area contributed by atoms with Crippen molar-refractivity contribution >= 4 is 45.9 Å². The summed E-state index contributed by atoms with van der Waals surface area (Å²) >= 11 is 12.5. The highest BCUT2D eigenvalue weighted by molar-refractivity contribution is 6.36. The molecule has 2 heterocycles. The second-order valence-electron chi connectivity index (χ2n) is 5.53. The number of aromatic amines is 1. The minimum absolute atomic E-state index is 0.622. The second-order valence-corrected chi connectivity index (χ2v) is 6.34. The Morgan fingerprint density at radius 3 is 2.60 bits per heavy atom. The Kier molecular flexibility index (Phi) is 4.26. The lowest BCUT2D eigenvalue weighted by atomic mass is 10.0. The fourth-order valence-electron chi connectivity index (χ4n) is 2.66. The number of imidazole rings is 1. The third-order valence-corrected chi connectivity index (χ3v) is 4.56. The van der Waals surface area contributed by atoms with Crippen LogP contribution in [-0.2, 0) is 6.42 Å². The number of benzene rings is 2. The molecule has 2 aromatic heterocycles. The van der Waals surface area contributed by atoms with Gasteiger partial charge in [-0.15, -0.1) is 0 Å². The number of nitrogens with zero attached hydrogens (tertiary/aromatic N) is 3. The molecule has 4 aromatic rings. The van der Waals surface area contributed by atoms with Gasteiger partial charge in [0, 0.05) is 22.2 Å². The van der Waals surface area contributed by atoms with Crippen LogP contribution in [0.3, 0.4) is 0 Å². The zero-order valence-electron chi connectivity index (χ0n) is 13.0. The van der Waals surface area contributed by atoms with Crippen LogP contribution in [0.4, 0.5) is 11.5 Å². The summed E-state index contributed by atoms with van der Waals surface area (Å²) in [6, 6.07) is 13.6. The molecule has 0 fully saturated rings. The van der Waals surface area contributed by atoms with E-state index in [1.807, 2.05) is 42.5 Å². The zero-order chi connectivity index (χ0) is 17.2. The van der Waals surface area contributed by atoms with Crippen molar-refractivity contribution in [2.75, 3.05) is 5.32 Å². The molecular weight excluding hydrogens is 357 g/mol. The van der Waals surface area contributed by atoms with Gasteiger partial charge < -0.3 is 10.3 Å². The van der Waals surface area contributed by atoms with E-state index in [-0.39, 0.29) is 0 Å². The van der Waals surface area contributed by atoms with E-state index in [9.17, 15) is 0 Å². The number of aromatic nitrogens is 4. The predicted octanol–water partition coefficient (Wildman–Crippen LogP) is 4.99. The van der Waals surface area contributed by atoms with Crippen LogP contribution in [0.15, 0.2) is 55.1 Å². The maximum atomic E-state index is 6.27. The Morgan fingerprint density at radius 1 is 0.960 bits per heavy atom. The monoisotopic (exact) mass is 369 g/mol.